The Hall–Kier alpha value is 0.390. The summed E-state index contributed by atoms with van der Waals surface area (Å²) in [4.78, 5) is 10.9. The van der Waals surface area contributed by atoms with E-state index in [0.29, 0.717) is 0 Å². The largest absolute Gasteiger partial charge is 0.481 e. The van der Waals surface area contributed by atoms with Crippen LogP contribution in [0.2, 0.25) is 0 Å². The Labute approximate surface area is 89.8 Å². The molecular formula is C7H13Br2NO2. The minimum absolute atomic E-state index is 0.515. The van der Waals surface area contributed by atoms with Crippen LogP contribution in [0.5, 0.6) is 0 Å². The molecule has 0 saturated carbocycles. The molecule has 3 nitrogen and oxygen atoms in total. The van der Waals surface area contributed by atoms with E-state index in [-0.39, 0.29) is 0 Å². The lowest BCUT2D eigenvalue weighted by Crippen LogP contribution is -2.50. The molecule has 0 rings (SSSR count). The maximum atomic E-state index is 10.9. The van der Waals surface area contributed by atoms with Crippen LogP contribution in [0.25, 0.3) is 0 Å². The summed E-state index contributed by atoms with van der Waals surface area (Å²) in [5.74, 6) is -0.823. The maximum Gasteiger partial charge on any atom is 0.311 e. The molecule has 0 aliphatic heterocycles. The Morgan fingerprint density at radius 3 is 1.67 bits per heavy atom. The molecule has 0 bridgehead atoms. The van der Waals surface area contributed by atoms with Crippen LogP contribution < -0.4 is 0 Å². The van der Waals surface area contributed by atoms with Crippen LogP contribution >= 0.6 is 32.3 Å². The van der Waals surface area contributed by atoms with E-state index >= 15 is 0 Å². The van der Waals surface area contributed by atoms with Gasteiger partial charge in [0.05, 0.1) is 11.0 Å². The average Bonchev–Trinajstić information content (AvgIpc) is 1.86. The number of hydrogen-bond donors (Lipinski definition) is 1. The fourth-order valence-electron chi connectivity index (χ4n) is 0.473. The van der Waals surface area contributed by atoms with Crippen molar-refractivity contribution in [2.75, 3.05) is 0 Å². The molecular weight excluding hydrogens is 290 g/mol. The van der Waals surface area contributed by atoms with Gasteiger partial charge in [0.25, 0.3) is 0 Å². The van der Waals surface area contributed by atoms with Gasteiger partial charge >= 0.3 is 5.97 Å². The molecule has 0 aliphatic carbocycles. The number of nitrogens with zero attached hydrogens (tertiary/aromatic N) is 1. The van der Waals surface area contributed by atoms with Crippen molar-refractivity contribution in [2.24, 2.45) is 5.41 Å². The maximum absolute atomic E-state index is 10.9. The Bertz CT molecular complexity index is 190. The lowest BCUT2D eigenvalue weighted by molar-refractivity contribution is -0.151. The molecule has 0 atom stereocenters. The van der Waals surface area contributed by atoms with Gasteiger partial charge in [0.15, 0.2) is 0 Å². The van der Waals surface area contributed by atoms with Gasteiger partial charge in [-0.2, -0.15) is 2.95 Å². The van der Waals surface area contributed by atoms with Crippen molar-refractivity contribution in [1.82, 2.24) is 2.95 Å². The van der Waals surface area contributed by atoms with Crippen molar-refractivity contribution in [2.45, 2.75) is 33.2 Å². The zero-order chi connectivity index (χ0) is 10.2. The molecule has 0 aromatic rings. The quantitative estimate of drug-likeness (QED) is 0.815. The zero-order valence-corrected chi connectivity index (χ0v) is 10.7. The molecule has 0 radical (unpaired) electrons. The van der Waals surface area contributed by atoms with E-state index in [4.69, 9.17) is 5.11 Å². The van der Waals surface area contributed by atoms with E-state index in [1.165, 1.54) is 0 Å². The van der Waals surface area contributed by atoms with Crippen LogP contribution in [-0.2, 0) is 4.79 Å². The number of aliphatic carboxylic acids is 1. The van der Waals surface area contributed by atoms with E-state index in [9.17, 15) is 4.79 Å². The molecule has 0 aliphatic rings. The summed E-state index contributed by atoms with van der Waals surface area (Å²) < 4.78 is 1.56. The molecule has 0 aromatic heterocycles. The normalized spacial score (nSPS) is 13.6. The van der Waals surface area contributed by atoms with Gasteiger partial charge in [0.2, 0.25) is 0 Å². The number of carboxylic acids is 1. The Balaban J connectivity index is 4.88. The third-order valence-corrected chi connectivity index (χ3v) is 4.26. The smallest absolute Gasteiger partial charge is 0.311 e. The predicted molar refractivity (Wildman–Crippen MR) is 55.2 cm³/mol. The summed E-state index contributed by atoms with van der Waals surface area (Å²) in [5.41, 5.74) is -1.35. The lowest BCUT2D eigenvalue weighted by Gasteiger charge is -2.40. The van der Waals surface area contributed by atoms with Gasteiger partial charge in [-0.25, -0.2) is 0 Å². The molecule has 12 heavy (non-hydrogen) atoms. The van der Waals surface area contributed by atoms with Crippen LogP contribution in [0.3, 0.4) is 0 Å². The summed E-state index contributed by atoms with van der Waals surface area (Å²) in [6, 6.07) is 0. The number of carbonyl (C=O) groups is 1. The Morgan fingerprint density at radius 2 is 1.58 bits per heavy atom. The molecule has 0 aromatic carbocycles. The first-order valence-corrected chi connectivity index (χ1v) is 4.91. The van der Waals surface area contributed by atoms with Crippen molar-refractivity contribution in [3.8, 4) is 0 Å². The third-order valence-electron chi connectivity index (χ3n) is 2.49. The fourth-order valence-corrected chi connectivity index (χ4v) is 1.36. The minimum atomic E-state index is -0.833. The average molecular weight is 303 g/mol. The van der Waals surface area contributed by atoms with E-state index in [1.54, 1.807) is 16.8 Å². The first-order chi connectivity index (χ1) is 5.14. The highest BCUT2D eigenvalue weighted by Gasteiger charge is 2.46. The van der Waals surface area contributed by atoms with Crippen molar-refractivity contribution in [3.05, 3.63) is 0 Å². The molecule has 0 spiro atoms. The molecule has 72 valence electrons. The van der Waals surface area contributed by atoms with Gasteiger partial charge in [0, 0.05) is 32.3 Å². The van der Waals surface area contributed by atoms with Gasteiger partial charge < -0.3 is 5.11 Å². The summed E-state index contributed by atoms with van der Waals surface area (Å²) in [7, 11) is 0. The van der Waals surface area contributed by atoms with Crippen LogP contribution in [0.1, 0.15) is 27.7 Å². The molecule has 0 fully saturated rings. The van der Waals surface area contributed by atoms with Gasteiger partial charge in [-0.3, -0.25) is 4.79 Å². The fraction of sp³-hybridized carbons (Fsp3) is 0.857. The topological polar surface area (TPSA) is 40.5 Å². The highest BCUT2D eigenvalue weighted by molar-refractivity contribution is 9.21. The van der Waals surface area contributed by atoms with Crippen LogP contribution in [-0.4, -0.2) is 19.6 Å². The molecule has 0 saturated heterocycles. The van der Waals surface area contributed by atoms with Gasteiger partial charge in [-0.15, -0.1) is 0 Å². The number of rotatable bonds is 3. The van der Waals surface area contributed by atoms with Crippen LogP contribution in [0.4, 0.5) is 0 Å². The van der Waals surface area contributed by atoms with Gasteiger partial charge in [-0.1, -0.05) is 0 Å². The molecule has 0 unspecified atom stereocenters. The van der Waals surface area contributed by atoms with E-state index < -0.39 is 16.9 Å². The SMILES string of the molecule is CC(C)(C(=O)O)C(C)(C)N(Br)Br. The highest BCUT2D eigenvalue weighted by atomic mass is 79.9. The number of hydrogen-bond acceptors (Lipinski definition) is 2. The second-order valence-corrected chi connectivity index (χ2v) is 6.09. The summed E-state index contributed by atoms with van der Waals surface area (Å²) in [6.45, 7) is 7.05. The Morgan fingerprint density at radius 1 is 1.25 bits per heavy atom. The van der Waals surface area contributed by atoms with Crippen molar-refractivity contribution in [3.63, 3.8) is 0 Å². The summed E-state index contributed by atoms with van der Waals surface area (Å²) in [6.07, 6.45) is 0. The van der Waals surface area contributed by atoms with Gasteiger partial charge in [0.1, 0.15) is 0 Å². The second-order valence-electron chi connectivity index (χ2n) is 3.72. The lowest BCUT2D eigenvalue weighted by atomic mass is 9.75. The van der Waals surface area contributed by atoms with E-state index in [0.717, 1.165) is 0 Å². The summed E-state index contributed by atoms with van der Waals surface area (Å²) >= 11 is 6.37. The molecule has 5 heteroatoms. The first-order valence-electron chi connectivity index (χ1n) is 3.49. The van der Waals surface area contributed by atoms with Crippen molar-refractivity contribution < 1.29 is 9.90 Å². The molecule has 0 amide bonds. The van der Waals surface area contributed by atoms with Gasteiger partial charge in [-0.05, 0) is 27.7 Å². The second kappa shape index (κ2) is 3.64. The number of halogens is 2. The Kier molecular flexibility index (Phi) is 3.75. The van der Waals surface area contributed by atoms with E-state index in [1.807, 2.05) is 13.8 Å². The van der Waals surface area contributed by atoms with Crippen LogP contribution in [0.15, 0.2) is 0 Å². The zero-order valence-electron chi connectivity index (χ0n) is 7.56. The first kappa shape index (κ1) is 12.4. The van der Waals surface area contributed by atoms with Crippen molar-refractivity contribution in [1.29, 1.82) is 0 Å². The highest BCUT2D eigenvalue weighted by Crippen LogP contribution is 2.39. The third kappa shape index (κ3) is 2.00. The summed E-state index contributed by atoms with van der Waals surface area (Å²) in [5, 5.41) is 8.96. The van der Waals surface area contributed by atoms with E-state index in [2.05, 4.69) is 32.3 Å². The monoisotopic (exact) mass is 301 g/mol. The minimum Gasteiger partial charge on any atom is -0.481 e. The molecule has 1 N–H and O–H groups in total. The standard InChI is InChI=1S/C7H13Br2NO2/c1-6(2,5(11)12)7(3,4)10(8)9/h1-4H3,(H,11,12). The van der Waals surface area contributed by atoms with Crippen molar-refractivity contribution >= 4 is 38.3 Å². The predicted octanol–water partition coefficient (Wildman–Crippen LogP) is 2.80. The van der Waals surface area contributed by atoms with Crippen LogP contribution in [0, 0.1) is 5.41 Å². The number of carboxylic acid groups (broad SMARTS) is 1. The molecule has 0 heterocycles.